The molecule has 2 heterocycles. The van der Waals surface area contributed by atoms with Gasteiger partial charge in [0.25, 0.3) is 0 Å². The second-order valence-corrected chi connectivity index (χ2v) is 4.21. The normalized spacial score (nSPS) is 16.9. The van der Waals surface area contributed by atoms with Gasteiger partial charge in [0.2, 0.25) is 5.95 Å². The second-order valence-electron chi connectivity index (χ2n) is 4.21. The molecule has 0 saturated carbocycles. The number of nitrogens with one attached hydrogen (secondary N) is 1. The first kappa shape index (κ1) is 18.3. The van der Waals surface area contributed by atoms with E-state index < -0.39 is 0 Å². The lowest BCUT2D eigenvalue weighted by atomic mass is 10.0. The highest BCUT2D eigenvalue weighted by molar-refractivity contribution is 5.85. The summed E-state index contributed by atoms with van der Waals surface area (Å²) >= 11 is 0. The molecule has 0 amide bonds. The minimum Gasteiger partial charge on any atom is -0.314 e. The van der Waals surface area contributed by atoms with Crippen molar-refractivity contribution >= 4 is 24.8 Å². The van der Waals surface area contributed by atoms with E-state index in [1.807, 2.05) is 12.1 Å². The first-order chi connectivity index (χ1) is 8.33. The lowest BCUT2D eigenvalue weighted by Crippen LogP contribution is -2.45. The van der Waals surface area contributed by atoms with E-state index in [4.69, 9.17) is 0 Å². The Kier molecular flexibility index (Phi) is 8.93. The summed E-state index contributed by atoms with van der Waals surface area (Å²) in [6.45, 7) is 7.55. The molecule has 3 nitrogen and oxygen atoms in total. The quantitative estimate of drug-likeness (QED) is 0.684. The average molecular weight is 308 g/mol. The molecule has 1 aliphatic rings. The maximum Gasteiger partial charge on any atom is 0.217 e. The number of hydrogen-bond acceptors (Lipinski definition) is 3. The van der Waals surface area contributed by atoms with Crippen LogP contribution in [0.4, 0.5) is 4.39 Å². The predicted molar refractivity (Wildman–Crippen MR) is 80.7 cm³/mol. The highest BCUT2D eigenvalue weighted by atomic mass is 35.5. The average Bonchev–Trinajstić information content (AvgIpc) is 2.38. The van der Waals surface area contributed by atoms with E-state index >= 15 is 0 Å². The van der Waals surface area contributed by atoms with Crippen LogP contribution in [0.2, 0.25) is 0 Å². The molecule has 0 aliphatic carbocycles. The fraction of sp³-hybridized carbons (Fsp3) is 0.462. The summed E-state index contributed by atoms with van der Waals surface area (Å²) in [5.41, 5.74) is 0.675. The van der Waals surface area contributed by atoms with Gasteiger partial charge in [0.05, 0.1) is 0 Å². The van der Waals surface area contributed by atoms with Crippen LogP contribution in [0.15, 0.2) is 31.0 Å². The zero-order chi connectivity index (χ0) is 12.1. The maximum absolute atomic E-state index is 13.7. The standard InChI is InChI=1S/C13H18FN3.2ClH/c1-2-4-12(17-9-7-15-8-10-17)11-5-3-6-16-13(11)14;;/h2-3,5-6,12,15H,1,4,7-10H2;2*1H/t12-;;/m0../s1. The highest BCUT2D eigenvalue weighted by Gasteiger charge is 2.23. The summed E-state index contributed by atoms with van der Waals surface area (Å²) in [5, 5.41) is 3.30. The number of rotatable bonds is 4. The minimum atomic E-state index is -0.363. The molecule has 1 saturated heterocycles. The Bertz CT molecular complexity index is 384. The van der Waals surface area contributed by atoms with Gasteiger partial charge in [-0.25, -0.2) is 4.98 Å². The first-order valence-electron chi connectivity index (χ1n) is 5.99. The van der Waals surface area contributed by atoms with E-state index in [1.165, 1.54) is 6.20 Å². The number of nitrogens with zero attached hydrogens (tertiary/aromatic N) is 2. The lowest BCUT2D eigenvalue weighted by Gasteiger charge is -2.34. The predicted octanol–water partition coefficient (Wildman–Crippen LogP) is 2.59. The van der Waals surface area contributed by atoms with Crippen LogP contribution in [0.25, 0.3) is 0 Å². The summed E-state index contributed by atoms with van der Waals surface area (Å²) in [5.74, 6) is -0.363. The molecule has 0 spiro atoms. The molecular formula is C13H20Cl2FN3. The molecule has 1 N–H and O–H groups in total. The van der Waals surface area contributed by atoms with E-state index in [2.05, 4.69) is 21.8 Å². The van der Waals surface area contributed by atoms with Crippen molar-refractivity contribution in [3.63, 3.8) is 0 Å². The summed E-state index contributed by atoms with van der Waals surface area (Å²) in [4.78, 5) is 6.02. The smallest absolute Gasteiger partial charge is 0.217 e. The number of pyridine rings is 1. The van der Waals surface area contributed by atoms with Gasteiger partial charge >= 0.3 is 0 Å². The van der Waals surface area contributed by atoms with Gasteiger partial charge in [0.1, 0.15) is 0 Å². The van der Waals surface area contributed by atoms with E-state index in [0.717, 1.165) is 32.6 Å². The monoisotopic (exact) mass is 307 g/mol. The third-order valence-electron chi connectivity index (χ3n) is 3.13. The zero-order valence-corrected chi connectivity index (χ0v) is 12.4. The Labute approximate surface area is 126 Å². The van der Waals surface area contributed by atoms with Gasteiger partial charge < -0.3 is 5.32 Å². The van der Waals surface area contributed by atoms with Crippen molar-refractivity contribution < 1.29 is 4.39 Å². The first-order valence-corrected chi connectivity index (χ1v) is 5.99. The van der Waals surface area contributed by atoms with Crippen molar-refractivity contribution in [3.05, 3.63) is 42.5 Å². The summed E-state index contributed by atoms with van der Waals surface area (Å²) < 4.78 is 13.7. The van der Waals surface area contributed by atoms with Crippen LogP contribution in [0.5, 0.6) is 0 Å². The Morgan fingerprint density at radius 3 is 2.68 bits per heavy atom. The highest BCUT2D eigenvalue weighted by Crippen LogP contribution is 2.26. The fourth-order valence-corrected chi connectivity index (χ4v) is 2.27. The molecule has 1 aliphatic heterocycles. The third-order valence-corrected chi connectivity index (χ3v) is 3.13. The molecule has 0 bridgehead atoms. The minimum absolute atomic E-state index is 0. The molecule has 0 unspecified atom stereocenters. The van der Waals surface area contributed by atoms with Crippen LogP contribution in [-0.4, -0.2) is 36.1 Å². The number of halogens is 3. The Hall–Kier alpha value is -0.680. The van der Waals surface area contributed by atoms with Crippen LogP contribution in [0.3, 0.4) is 0 Å². The molecule has 1 fully saturated rings. The van der Waals surface area contributed by atoms with Gasteiger partial charge in [-0.2, -0.15) is 4.39 Å². The molecule has 0 aromatic carbocycles. The van der Waals surface area contributed by atoms with Crippen molar-refractivity contribution in [1.82, 2.24) is 15.2 Å². The molecule has 19 heavy (non-hydrogen) atoms. The van der Waals surface area contributed by atoms with E-state index in [0.29, 0.717) is 5.56 Å². The van der Waals surface area contributed by atoms with E-state index in [1.54, 1.807) is 6.07 Å². The van der Waals surface area contributed by atoms with Gasteiger partial charge in [-0.05, 0) is 12.5 Å². The molecule has 2 rings (SSSR count). The Morgan fingerprint density at radius 1 is 1.42 bits per heavy atom. The van der Waals surface area contributed by atoms with Crippen molar-refractivity contribution in [3.8, 4) is 0 Å². The molecular weight excluding hydrogens is 288 g/mol. The largest absolute Gasteiger partial charge is 0.314 e. The fourth-order valence-electron chi connectivity index (χ4n) is 2.27. The van der Waals surface area contributed by atoms with Crippen molar-refractivity contribution in [2.24, 2.45) is 0 Å². The molecule has 1 aromatic heterocycles. The Morgan fingerprint density at radius 2 is 2.11 bits per heavy atom. The summed E-state index contributed by atoms with van der Waals surface area (Å²) in [7, 11) is 0. The van der Waals surface area contributed by atoms with Gasteiger partial charge in [-0.3, -0.25) is 4.90 Å². The van der Waals surface area contributed by atoms with Crippen LogP contribution < -0.4 is 5.32 Å². The van der Waals surface area contributed by atoms with Crippen molar-refractivity contribution in [1.29, 1.82) is 0 Å². The molecule has 108 valence electrons. The topological polar surface area (TPSA) is 28.2 Å². The van der Waals surface area contributed by atoms with Gasteiger partial charge in [-0.15, -0.1) is 31.4 Å². The zero-order valence-electron chi connectivity index (χ0n) is 10.7. The van der Waals surface area contributed by atoms with Gasteiger partial charge in [0.15, 0.2) is 0 Å². The van der Waals surface area contributed by atoms with Crippen molar-refractivity contribution in [2.75, 3.05) is 26.2 Å². The van der Waals surface area contributed by atoms with E-state index in [-0.39, 0.29) is 36.8 Å². The number of piperazine rings is 1. The van der Waals surface area contributed by atoms with Crippen LogP contribution in [0, 0.1) is 5.95 Å². The molecule has 6 heteroatoms. The molecule has 0 radical (unpaired) electrons. The molecule has 1 atom stereocenters. The SMILES string of the molecule is C=CC[C@@H](c1cccnc1F)N1CCNCC1.Cl.Cl. The van der Waals surface area contributed by atoms with Crippen LogP contribution in [-0.2, 0) is 0 Å². The lowest BCUT2D eigenvalue weighted by molar-refractivity contribution is 0.170. The van der Waals surface area contributed by atoms with Gasteiger partial charge in [0, 0.05) is 44.0 Å². The number of aromatic nitrogens is 1. The third kappa shape index (κ3) is 4.73. The van der Waals surface area contributed by atoms with Gasteiger partial charge in [-0.1, -0.05) is 12.1 Å². The molecule has 1 aromatic rings. The maximum atomic E-state index is 13.7. The summed E-state index contributed by atoms with van der Waals surface area (Å²) in [6, 6.07) is 3.66. The second kappa shape index (κ2) is 9.26. The van der Waals surface area contributed by atoms with E-state index in [9.17, 15) is 4.39 Å². The van der Waals surface area contributed by atoms with Crippen LogP contribution >= 0.6 is 24.8 Å². The number of hydrogen-bond donors (Lipinski definition) is 1. The van der Waals surface area contributed by atoms with Crippen LogP contribution in [0.1, 0.15) is 18.0 Å². The van der Waals surface area contributed by atoms with Crippen molar-refractivity contribution in [2.45, 2.75) is 12.5 Å². The Balaban J connectivity index is 0.00000162. The summed E-state index contributed by atoms with van der Waals surface area (Å²) in [6.07, 6.45) is 4.09.